The monoisotopic (exact) mass is 292 g/mol. The van der Waals surface area contributed by atoms with E-state index < -0.39 is 0 Å². The highest BCUT2D eigenvalue weighted by molar-refractivity contribution is 5.29. The number of benzene rings is 1. The van der Waals surface area contributed by atoms with Gasteiger partial charge in [-0.2, -0.15) is 0 Å². The molecule has 1 aliphatic heterocycles. The van der Waals surface area contributed by atoms with Crippen molar-refractivity contribution in [2.45, 2.75) is 39.0 Å². The molecule has 1 atom stereocenters. The van der Waals surface area contributed by atoms with Crippen molar-refractivity contribution < 1.29 is 14.4 Å². The summed E-state index contributed by atoms with van der Waals surface area (Å²) in [5.41, 5.74) is 1.40. The first kappa shape index (κ1) is 16.3. The highest BCUT2D eigenvalue weighted by atomic mass is 16.5. The molecule has 118 valence electrons. The van der Waals surface area contributed by atoms with Crippen LogP contribution in [0, 0.1) is 0 Å². The molecule has 0 spiro atoms. The molecule has 0 unspecified atom stereocenters. The number of morpholine rings is 1. The summed E-state index contributed by atoms with van der Waals surface area (Å²) in [6, 6.07) is 8.60. The second kappa shape index (κ2) is 9.06. The van der Waals surface area contributed by atoms with Crippen LogP contribution in [0.15, 0.2) is 24.3 Å². The lowest BCUT2D eigenvalue weighted by Gasteiger charge is -2.23. The van der Waals surface area contributed by atoms with Crippen LogP contribution in [0.3, 0.4) is 0 Å². The molecule has 0 aliphatic carbocycles. The summed E-state index contributed by atoms with van der Waals surface area (Å²) in [5.74, 6) is 1.64. The van der Waals surface area contributed by atoms with Crippen molar-refractivity contribution >= 4 is 0 Å². The molecule has 1 aromatic carbocycles. The summed E-state index contributed by atoms with van der Waals surface area (Å²) in [7, 11) is 0. The Morgan fingerprint density at radius 1 is 1.14 bits per heavy atom. The van der Waals surface area contributed by atoms with Crippen molar-refractivity contribution in [3.05, 3.63) is 29.8 Å². The molecule has 0 radical (unpaired) electrons. The fourth-order valence-electron chi connectivity index (χ4n) is 2.71. The van der Waals surface area contributed by atoms with E-state index in [4.69, 9.17) is 9.47 Å². The number of quaternary nitrogens is 1. The number of hydrogen-bond donors (Lipinski definition) is 1. The zero-order chi connectivity index (χ0) is 14.9. The molecule has 1 aliphatic rings. The SMILES string of the molecule is CC[C@@H](C)c1ccc(OCCCC[NH+]2CCOCC2)cc1. The predicted molar refractivity (Wildman–Crippen MR) is 86.3 cm³/mol. The number of nitrogens with one attached hydrogen (secondary N) is 1. The van der Waals surface area contributed by atoms with Gasteiger partial charge in [-0.1, -0.05) is 26.0 Å². The lowest BCUT2D eigenvalue weighted by Crippen LogP contribution is -3.14. The van der Waals surface area contributed by atoms with Crippen LogP contribution in [-0.2, 0) is 4.74 Å². The summed E-state index contributed by atoms with van der Waals surface area (Å²) in [6.45, 7) is 10.8. The van der Waals surface area contributed by atoms with Gasteiger partial charge in [0.1, 0.15) is 18.8 Å². The van der Waals surface area contributed by atoms with E-state index in [9.17, 15) is 0 Å². The average molecular weight is 292 g/mol. The van der Waals surface area contributed by atoms with Gasteiger partial charge in [0.15, 0.2) is 0 Å². The fourth-order valence-corrected chi connectivity index (χ4v) is 2.71. The highest BCUT2D eigenvalue weighted by Gasteiger charge is 2.12. The van der Waals surface area contributed by atoms with Gasteiger partial charge in [-0.15, -0.1) is 0 Å². The highest BCUT2D eigenvalue weighted by Crippen LogP contribution is 2.21. The Hall–Kier alpha value is -1.06. The van der Waals surface area contributed by atoms with Crippen LogP contribution in [0.5, 0.6) is 5.75 Å². The third-order valence-electron chi connectivity index (χ3n) is 4.45. The van der Waals surface area contributed by atoms with E-state index in [0.717, 1.165) is 45.1 Å². The van der Waals surface area contributed by atoms with Gasteiger partial charge >= 0.3 is 0 Å². The van der Waals surface area contributed by atoms with Crippen molar-refractivity contribution in [1.82, 2.24) is 0 Å². The zero-order valence-corrected chi connectivity index (χ0v) is 13.6. The molecule has 3 nitrogen and oxygen atoms in total. The molecular weight excluding hydrogens is 262 g/mol. The maximum Gasteiger partial charge on any atom is 0.119 e. The second-order valence-corrected chi connectivity index (χ2v) is 6.05. The molecule has 1 saturated heterocycles. The Balaban J connectivity index is 1.59. The molecule has 0 aromatic heterocycles. The van der Waals surface area contributed by atoms with Crippen molar-refractivity contribution in [1.29, 1.82) is 0 Å². The Bertz CT molecular complexity index is 385. The molecule has 1 aromatic rings. The summed E-state index contributed by atoms with van der Waals surface area (Å²) in [6.07, 6.45) is 3.56. The van der Waals surface area contributed by atoms with Gasteiger partial charge in [0.05, 0.1) is 26.4 Å². The van der Waals surface area contributed by atoms with Gasteiger partial charge in [0, 0.05) is 0 Å². The van der Waals surface area contributed by atoms with Crippen LogP contribution in [0.1, 0.15) is 44.6 Å². The number of ether oxygens (including phenoxy) is 2. The molecule has 21 heavy (non-hydrogen) atoms. The Labute approximate surface area is 129 Å². The standard InChI is InChI=1S/C18H29NO2/c1-3-16(2)17-6-8-18(9-7-17)21-13-5-4-10-19-11-14-20-15-12-19/h6-9,16H,3-5,10-15H2,1-2H3/p+1/t16-/m1/s1. The van der Waals surface area contributed by atoms with Crippen LogP contribution < -0.4 is 9.64 Å². The Kier molecular flexibility index (Phi) is 7.04. The van der Waals surface area contributed by atoms with E-state index in [0.29, 0.717) is 5.92 Å². The minimum atomic E-state index is 0.635. The zero-order valence-electron chi connectivity index (χ0n) is 13.6. The molecular formula is C18H30NO2+. The van der Waals surface area contributed by atoms with Gasteiger partial charge < -0.3 is 14.4 Å². The maximum absolute atomic E-state index is 5.83. The summed E-state index contributed by atoms with van der Waals surface area (Å²) < 4.78 is 11.2. The first-order valence-corrected chi connectivity index (χ1v) is 8.43. The smallest absolute Gasteiger partial charge is 0.119 e. The van der Waals surface area contributed by atoms with Crippen LogP contribution >= 0.6 is 0 Å². The van der Waals surface area contributed by atoms with Gasteiger partial charge in [0.2, 0.25) is 0 Å². The van der Waals surface area contributed by atoms with Crippen LogP contribution in [-0.4, -0.2) is 39.5 Å². The molecule has 2 rings (SSSR count). The normalized spacial score (nSPS) is 17.6. The lowest BCUT2D eigenvalue weighted by molar-refractivity contribution is -0.908. The van der Waals surface area contributed by atoms with Crippen LogP contribution in [0.25, 0.3) is 0 Å². The molecule has 1 N–H and O–H groups in total. The van der Waals surface area contributed by atoms with E-state index >= 15 is 0 Å². The first-order valence-electron chi connectivity index (χ1n) is 8.43. The van der Waals surface area contributed by atoms with Crippen molar-refractivity contribution in [3.8, 4) is 5.75 Å². The van der Waals surface area contributed by atoms with Crippen molar-refractivity contribution in [2.24, 2.45) is 0 Å². The van der Waals surface area contributed by atoms with Gasteiger partial charge in [-0.3, -0.25) is 0 Å². The summed E-state index contributed by atoms with van der Waals surface area (Å²) in [4.78, 5) is 1.68. The predicted octanol–water partition coefficient (Wildman–Crippen LogP) is 2.27. The lowest BCUT2D eigenvalue weighted by atomic mass is 9.99. The number of hydrogen-bond acceptors (Lipinski definition) is 2. The van der Waals surface area contributed by atoms with Crippen LogP contribution in [0.4, 0.5) is 0 Å². The number of unbranched alkanes of at least 4 members (excludes halogenated alkanes) is 1. The summed E-state index contributed by atoms with van der Waals surface area (Å²) in [5, 5.41) is 0. The average Bonchev–Trinajstić information content (AvgIpc) is 2.55. The molecule has 0 bridgehead atoms. The second-order valence-electron chi connectivity index (χ2n) is 6.05. The van der Waals surface area contributed by atoms with Crippen molar-refractivity contribution in [3.63, 3.8) is 0 Å². The molecule has 0 saturated carbocycles. The minimum absolute atomic E-state index is 0.635. The quantitative estimate of drug-likeness (QED) is 0.743. The van der Waals surface area contributed by atoms with Gasteiger partial charge in [0.25, 0.3) is 0 Å². The Morgan fingerprint density at radius 3 is 2.52 bits per heavy atom. The topological polar surface area (TPSA) is 22.9 Å². The van der Waals surface area contributed by atoms with E-state index in [1.54, 1.807) is 4.90 Å². The van der Waals surface area contributed by atoms with E-state index in [-0.39, 0.29) is 0 Å². The third-order valence-corrected chi connectivity index (χ3v) is 4.45. The van der Waals surface area contributed by atoms with Crippen LogP contribution in [0.2, 0.25) is 0 Å². The summed E-state index contributed by atoms with van der Waals surface area (Å²) >= 11 is 0. The Morgan fingerprint density at radius 2 is 1.86 bits per heavy atom. The van der Waals surface area contributed by atoms with E-state index in [1.807, 2.05) is 0 Å². The maximum atomic E-state index is 5.83. The van der Waals surface area contributed by atoms with E-state index in [2.05, 4.69) is 38.1 Å². The molecule has 1 heterocycles. The van der Waals surface area contributed by atoms with Gasteiger partial charge in [-0.25, -0.2) is 0 Å². The molecule has 3 heteroatoms. The first-order chi connectivity index (χ1) is 10.3. The molecule has 1 fully saturated rings. The van der Waals surface area contributed by atoms with Crippen molar-refractivity contribution in [2.75, 3.05) is 39.5 Å². The fraction of sp³-hybridized carbons (Fsp3) is 0.667. The van der Waals surface area contributed by atoms with E-state index in [1.165, 1.54) is 24.9 Å². The minimum Gasteiger partial charge on any atom is -0.494 e. The van der Waals surface area contributed by atoms with Gasteiger partial charge in [-0.05, 0) is 42.9 Å². The third kappa shape index (κ3) is 5.68. The number of rotatable bonds is 8. The molecule has 0 amide bonds. The largest absolute Gasteiger partial charge is 0.494 e.